The number of carbonyl (C=O) groups is 1. The number of alkyl halides is 3. The van der Waals surface area contributed by atoms with Crippen molar-refractivity contribution in [2.75, 3.05) is 31.1 Å². The Hall–Kier alpha value is -3.11. The third-order valence-electron chi connectivity index (χ3n) is 4.34. The van der Waals surface area contributed by atoms with Crippen molar-refractivity contribution in [3.05, 3.63) is 51.8 Å². The molecule has 0 saturated carbocycles. The summed E-state index contributed by atoms with van der Waals surface area (Å²) in [6, 6.07) is 4.07. The highest BCUT2D eigenvalue weighted by atomic mass is 19.4. The first-order valence-electron chi connectivity index (χ1n) is 8.06. The molecule has 0 unspecified atom stereocenters. The van der Waals surface area contributed by atoms with Crippen molar-refractivity contribution >= 4 is 17.3 Å². The van der Waals surface area contributed by atoms with E-state index in [2.05, 4.69) is 5.10 Å². The number of hydrogen-bond acceptors (Lipinski definition) is 5. The Kier molecular flexibility index (Phi) is 4.77. The van der Waals surface area contributed by atoms with Crippen molar-refractivity contribution < 1.29 is 22.9 Å². The lowest BCUT2D eigenvalue weighted by Crippen LogP contribution is -2.49. The van der Waals surface area contributed by atoms with Gasteiger partial charge in [-0.25, -0.2) is 0 Å². The predicted octanol–water partition coefficient (Wildman–Crippen LogP) is 2.31. The smallest absolute Gasteiger partial charge is 0.362 e. The molecule has 0 aliphatic carbocycles. The van der Waals surface area contributed by atoms with Crippen molar-refractivity contribution in [1.82, 2.24) is 14.7 Å². The molecule has 8 nitrogen and oxygen atoms in total. The fraction of sp³-hybridized carbons (Fsp3) is 0.375. The summed E-state index contributed by atoms with van der Waals surface area (Å²) >= 11 is 0. The van der Waals surface area contributed by atoms with Crippen molar-refractivity contribution in [2.24, 2.45) is 7.05 Å². The standard InChI is InChI=1S/C16H16F3N5O3/c1-21-5-4-12(20-21)15(25)23-8-6-22(7-9-23)13-3-2-11(16(17,18)19)10-14(13)24(26)27/h2-5,10H,6-9H2,1H3. The van der Waals surface area contributed by atoms with Gasteiger partial charge in [0.15, 0.2) is 0 Å². The summed E-state index contributed by atoms with van der Waals surface area (Å²) in [6.45, 7) is 1.11. The van der Waals surface area contributed by atoms with Gasteiger partial charge in [0.1, 0.15) is 11.4 Å². The predicted molar refractivity (Wildman–Crippen MR) is 89.4 cm³/mol. The molecule has 2 heterocycles. The molecule has 1 saturated heterocycles. The highest BCUT2D eigenvalue weighted by molar-refractivity contribution is 5.92. The molecule has 144 valence electrons. The van der Waals surface area contributed by atoms with E-state index in [-0.39, 0.29) is 37.8 Å². The number of aryl methyl sites for hydroxylation is 1. The van der Waals surface area contributed by atoms with Crippen LogP contribution in [0.4, 0.5) is 24.5 Å². The molecule has 1 aromatic heterocycles. The highest BCUT2D eigenvalue weighted by Gasteiger charge is 2.34. The van der Waals surface area contributed by atoms with Crippen LogP contribution in [0.15, 0.2) is 30.5 Å². The van der Waals surface area contributed by atoms with E-state index in [9.17, 15) is 28.1 Å². The van der Waals surface area contributed by atoms with Crippen LogP contribution >= 0.6 is 0 Å². The van der Waals surface area contributed by atoms with Gasteiger partial charge in [-0.05, 0) is 18.2 Å². The minimum Gasteiger partial charge on any atom is -0.362 e. The minimum absolute atomic E-state index is 0.109. The monoisotopic (exact) mass is 383 g/mol. The van der Waals surface area contributed by atoms with E-state index in [0.29, 0.717) is 11.8 Å². The topological polar surface area (TPSA) is 84.5 Å². The molecule has 2 aromatic rings. The number of anilines is 1. The molecule has 0 bridgehead atoms. The number of piperazine rings is 1. The molecule has 1 amide bonds. The first kappa shape index (κ1) is 18.7. The van der Waals surface area contributed by atoms with Crippen LogP contribution in [0.3, 0.4) is 0 Å². The maximum absolute atomic E-state index is 12.8. The van der Waals surface area contributed by atoms with E-state index in [1.165, 1.54) is 4.68 Å². The number of nitro benzene ring substituents is 1. The zero-order chi connectivity index (χ0) is 19.8. The van der Waals surface area contributed by atoms with Crippen LogP contribution in [0.2, 0.25) is 0 Å². The van der Waals surface area contributed by atoms with Gasteiger partial charge in [-0.15, -0.1) is 0 Å². The van der Waals surface area contributed by atoms with Gasteiger partial charge < -0.3 is 9.80 Å². The number of hydrogen-bond donors (Lipinski definition) is 0. The van der Waals surface area contributed by atoms with Gasteiger partial charge in [-0.2, -0.15) is 18.3 Å². The van der Waals surface area contributed by atoms with Gasteiger partial charge in [0, 0.05) is 45.5 Å². The molecule has 27 heavy (non-hydrogen) atoms. The van der Waals surface area contributed by atoms with Gasteiger partial charge >= 0.3 is 6.18 Å². The molecule has 1 fully saturated rings. The fourth-order valence-corrected chi connectivity index (χ4v) is 2.95. The molecule has 11 heteroatoms. The van der Waals surface area contributed by atoms with Gasteiger partial charge in [-0.3, -0.25) is 19.6 Å². The Morgan fingerprint density at radius 3 is 2.37 bits per heavy atom. The Morgan fingerprint density at radius 1 is 1.19 bits per heavy atom. The molecule has 1 aliphatic rings. The number of rotatable bonds is 3. The molecular formula is C16H16F3N5O3. The number of halogens is 3. The SMILES string of the molecule is Cn1ccc(C(=O)N2CCN(c3ccc(C(F)(F)F)cc3[N+](=O)[O-])CC2)n1. The highest BCUT2D eigenvalue weighted by Crippen LogP contribution is 2.36. The second-order valence-corrected chi connectivity index (χ2v) is 6.11. The van der Waals surface area contributed by atoms with Crippen molar-refractivity contribution in [3.8, 4) is 0 Å². The van der Waals surface area contributed by atoms with Gasteiger partial charge in [0.2, 0.25) is 0 Å². The molecule has 0 spiro atoms. The largest absolute Gasteiger partial charge is 0.416 e. The fourth-order valence-electron chi connectivity index (χ4n) is 2.95. The van der Waals surface area contributed by atoms with Gasteiger partial charge in [-0.1, -0.05) is 0 Å². The van der Waals surface area contributed by atoms with Crippen LogP contribution in [-0.2, 0) is 13.2 Å². The van der Waals surface area contributed by atoms with E-state index in [1.807, 2.05) is 0 Å². The number of amides is 1. The number of aromatic nitrogens is 2. The molecule has 1 aromatic carbocycles. The van der Waals surface area contributed by atoms with E-state index in [0.717, 1.165) is 12.1 Å². The van der Waals surface area contributed by atoms with Crippen molar-refractivity contribution in [2.45, 2.75) is 6.18 Å². The number of benzene rings is 1. The molecule has 1 aliphatic heterocycles. The summed E-state index contributed by atoms with van der Waals surface area (Å²) < 4.78 is 40.0. The zero-order valence-electron chi connectivity index (χ0n) is 14.3. The summed E-state index contributed by atoms with van der Waals surface area (Å²) in [4.78, 5) is 26.0. The van der Waals surface area contributed by atoms with Crippen molar-refractivity contribution in [3.63, 3.8) is 0 Å². The van der Waals surface area contributed by atoms with Crippen molar-refractivity contribution in [1.29, 1.82) is 0 Å². The zero-order valence-corrected chi connectivity index (χ0v) is 14.3. The van der Waals surface area contributed by atoms with Crippen LogP contribution in [0.1, 0.15) is 16.1 Å². The lowest BCUT2D eigenvalue weighted by molar-refractivity contribution is -0.384. The Labute approximate surface area is 151 Å². The Morgan fingerprint density at radius 2 is 1.85 bits per heavy atom. The van der Waals surface area contributed by atoms with Crippen LogP contribution in [-0.4, -0.2) is 51.7 Å². The average molecular weight is 383 g/mol. The molecule has 3 rings (SSSR count). The summed E-state index contributed by atoms with van der Waals surface area (Å²) in [6.07, 6.45) is -3.01. The van der Waals surface area contributed by atoms with Crippen LogP contribution < -0.4 is 4.90 Å². The van der Waals surface area contributed by atoms with Gasteiger partial charge in [0.05, 0.1) is 10.5 Å². The first-order chi connectivity index (χ1) is 12.7. The number of carbonyl (C=O) groups excluding carboxylic acids is 1. The maximum atomic E-state index is 12.8. The number of nitrogens with zero attached hydrogens (tertiary/aromatic N) is 5. The Bertz CT molecular complexity index is 872. The molecular weight excluding hydrogens is 367 g/mol. The van der Waals surface area contributed by atoms with E-state index < -0.39 is 22.4 Å². The second-order valence-electron chi connectivity index (χ2n) is 6.11. The van der Waals surface area contributed by atoms with Crippen LogP contribution in [0, 0.1) is 10.1 Å². The second kappa shape index (κ2) is 6.89. The maximum Gasteiger partial charge on any atom is 0.416 e. The summed E-state index contributed by atoms with van der Waals surface area (Å²) in [7, 11) is 1.69. The molecule has 0 N–H and O–H groups in total. The van der Waals surface area contributed by atoms with Crippen LogP contribution in [0.5, 0.6) is 0 Å². The van der Waals surface area contributed by atoms with E-state index in [4.69, 9.17) is 0 Å². The summed E-state index contributed by atoms with van der Waals surface area (Å²) in [5.74, 6) is -0.253. The van der Waals surface area contributed by atoms with Gasteiger partial charge in [0.25, 0.3) is 11.6 Å². The van der Waals surface area contributed by atoms with E-state index >= 15 is 0 Å². The van der Waals surface area contributed by atoms with Crippen LogP contribution in [0.25, 0.3) is 0 Å². The summed E-state index contributed by atoms with van der Waals surface area (Å²) in [5.41, 5.74) is -1.26. The summed E-state index contributed by atoms with van der Waals surface area (Å²) in [5, 5.41) is 15.3. The first-order valence-corrected chi connectivity index (χ1v) is 8.06. The third-order valence-corrected chi connectivity index (χ3v) is 4.34. The number of nitro groups is 1. The third kappa shape index (κ3) is 3.86. The molecule has 0 atom stereocenters. The quantitative estimate of drug-likeness (QED) is 0.600. The molecule has 0 radical (unpaired) electrons. The lowest BCUT2D eigenvalue weighted by atomic mass is 10.1. The average Bonchev–Trinajstić information content (AvgIpc) is 3.06. The Balaban J connectivity index is 1.76. The van der Waals surface area contributed by atoms with E-state index in [1.54, 1.807) is 29.1 Å². The normalized spacial score (nSPS) is 15.1. The minimum atomic E-state index is -4.66. The lowest BCUT2D eigenvalue weighted by Gasteiger charge is -2.35.